The first-order chi connectivity index (χ1) is 18.5. The van der Waals surface area contributed by atoms with Gasteiger partial charge in [0.05, 0.1) is 42.1 Å². The standard InChI is InChI=1S/C30H27N7O/c1-20(2)37-29-27(17-32-37)26(15-28(33-29)24-13-12-22-10-6-7-11-23(22)14-24)30(38)31-16-25-19-36(35-34-25)18-21-8-4-3-5-9-21/h3-15,17,19-20H,16,18H2,1-2H3,(H,31,38). The van der Waals surface area contributed by atoms with E-state index in [0.717, 1.165) is 27.6 Å². The number of pyridine rings is 1. The number of hydrogen-bond acceptors (Lipinski definition) is 5. The molecule has 1 N–H and O–H groups in total. The molecule has 0 fully saturated rings. The number of carbonyl (C=O) groups is 1. The van der Waals surface area contributed by atoms with E-state index < -0.39 is 0 Å². The second-order valence-electron chi connectivity index (χ2n) is 9.61. The van der Waals surface area contributed by atoms with E-state index in [1.807, 2.05) is 65.5 Å². The Kier molecular flexibility index (Phi) is 6.13. The summed E-state index contributed by atoms with van der Waals surface area (Å²) in [6.45, 7) is 4.99. The maximum Gasteiger partial charge on any atom is 0.252 e. The molecule has 0 spiro atoms. The average Bonchev–Trinajstić information content (AvgIpc) is 3.58. The minimum Gasteiger partial charge on any atom is -0.346 e. The lowest BCUT2D eigenvalue weighted by molar-refractivity contribution is 0.0952. The molecule has 0 aliphatic rings. The van der Waals surface area contributed by atoms with Gasteiger partial charge >= 0.3 is 0 Å². The molecule has 6 aromatic rings. The molecule has 1 amide bonds. The summed E-state index contributed by atoms with van der Waals surface area (Å²) in [5.74, 6) is -0.208. The average molecular weight is 502 g/mol. The number of benzene rings is 3. The monoisotopic (exact) mass is 501 g/mol. The van der Waals surface area contributed by atoms with Gasteiger partial charge in [-0.15, -0.1) is 5.10 Å². The molecule has 188 valence electrons. The minimum absolute atomic E-state index is 0.0995. The predicted molar refractivity (Wildman–Crippen MR) is 148 cm³/mol. The summed E-state index contributed by atoms with van der Waals surface area (Å²) in [4.78, 5) is 18.4. The van der Waals surface area contributed by atoms with Crippen molar-refractivity contribution in [3.63, 3.8) is 0 Å². The third-order valence-electron chi connectivity index (χ3n) is 6.55. The predicted octanol–water partition coefficient (Wildman–Crippen LogP) is 5.40. The van der Waals surface area contributed by atoms with Crippen molar-refractivity contribution < 1.29 is 4.79 Å². The first kappa shape index (κ1) is 23.5. The zero-order valence-electron chi connectivity index (χ0n) is 21.2. The van der Waals surface area contributed by atoms with Crippen LogP contribution in [0.3, 0.4) is 0 Å². The number of fused-ring (bicyclic) bond motifs is 2. The quantitative estimate of drug-likeness (QED) is 0.316. The molecule has 0 saturated heterocycles. The first-order valence-corrected chi connectivity index (χ1v) is 12.6. The van der Waals surface area contributed by atoms with Crippen LogP contribution in [0.4, 0.5) is 0 Å². The summed E-state index contributed by atoms with van der Waals surface area (Å²) in [5, 5.41) is 19.0. The number of nitrogens with one attached hydrogen (secondary N) is 1. The van der Waals surface area contributed by atoms with Crippen molar-refractivity contribution >= 4 is 27.7 Å². The molecule has 0 unspecified atom stereocenters. The van der Waals surface area contributed by atoms with Crippen molar-refractivity contribution in [2.24, 2.45) is 0 Å². The van der Waals surface area contributed by atoms with Gasteiger partial charge in [0.25, 0.3) is 5.91 Å². The van der Waals surface area contributed by atoms with E-state index in [0.29, 0.717) is 28.8 Å². The second-order valence-corrected chi connectivity index (χ2v) is 9.61. The molecule has 0 bridgehead atoms. The Morgan fingerprint density at radius 3 is 2.55 bits per heavy atom. The third-order valence-corrected chi connectivity index (χ3v) is 6.55. The van der Waals surface area contributed by atoms with Gasteiger partial charge < -0.3 is 5.32 Å². The molecule has 3 aromatic heterocycles. The van der Waals surface area contributed by atoms with Crippen LogP contribution in [0, 0.1) is 0 Å². The van der Waals surface area contributed by atoms with Gasteiger partial charge in [-0.05, 0) is 42.3 Å². The van der Waals surface area contributed by atoms with Crippen LogP contribution >= 0.6 is 0 Å². The number of rotatable bonds is 7. The normalized spacial score (nSPS) is 11.4. The summed E-state index contributed by atoms with van der Waals surface area (Å²) >= 11 is 0. The number of hydrogen-bond donors (Lipinski definition) is 1. The van der Waals surface area contributed by atoms with E-state index in [9.17, 15) is 4.79 Å². The van der Waals surface area contributed by atoms with Crippen molar-refractivity contribution in [2.75, 3.05) is 0 Å². The second kappa shape index (κ2) is 9.89. The molecular weight excluding hydrogens is 474 g/mol. The van der Waals surface area contributed by atoms with Crippen LogP contribution in [0.2, 0.25) is 0 Å². The van der Waals surface area contributed by atoms with E-state index in [-0.39, 0.29) is 18.5 Å². The van der Waals surface area contributed by atoms with Crippen molar-refractivity contribution in [3.05, 3.63) is 108 Å². The van der Waals surface area contributed by atoms with Crippen molar-refractivity contribution in [1.82, 2.24) is 35.1 Å². The molecule has 0 aliphatic carbocycles. The van der Waals surface area contributed by atoms with E-state index in [2.05, 4.69) is 58.8 Å². The molecule has 0 saturated carbocycles. The van der Waals surface area contributed by atoms with Gasteiger partial charge in [-0.1, -0.05) is 71.9 Å². The van der Waals surface area contributed by atoms with Gasteiger partial charge in [0.15, 0.2) is 5.65 Å². The molecule has 38 heavy (non-hydrogen) atoms. The topological polar surface area (TPSA) is 90.5 Å². The van der Waals surface area contributed by atoms with E-state index in [1.165, 1.54) is 0 Å². The van der Waals surface area contributed by atoms with E-state index in [1.54, 1.807) is 10.9 Å². The zero-order chi connectivity index (χ0) is 26.1. The fraction of sp³-hybridized carbons (Fsp3) is 0.167. The molecule has 0 aliphatic heterocycles. The van der Waals surface area contributed by atoms with Crippen molar-refractivity contribution in [3.8, 4) is 11.3 Å². The summed E-state index contributed by atoms with van der Waals surface area (Å²) in [7, 11) is 0. The molecule has 3 aromatic carbocycles. The van der Waals surface area contributed by atoms with Gasteiger partial charge in [0.2, 0.25) is 0 Å². The maximum absolute atomic E-state index is 13.5. The SMILES string of the molecule is CC(C)n1ncc2c(C(=O)NCc3cn(Cc4ccccc4)nn3)cc(-c3ccc4ccccc4c3)nc21. The summed E-state index contributed by atoms with van der Waals surface area (Å²) in [6, 6.07) is 26.4. The number of aromatic nitrogens is 6. The summed E-state index contributed by atoms with van der Waals surface area (Å²) < 4.78 is 3.62. The molecule has 6 rings (SSSR count). The highest BCUT2D eigenvalue weighted by Crippen LogP contribution is 2.28. The Morgan fingerprint density at radius 1 is 0.947 bits per heavy atom. The lowest BCUT2D eigenvalue weighted by Gasteiger charge is -2.11. The molecular formula is C30H27N7O. The highest BCUT2D eigenvalue weighted by atomic mass is 16.1. The number of nitrogens with zero attached hydrogens (tertiary/aromatic N) is 6. The van der Waals surface area contributed by atoms with Gasteiger partial charge in [-0.25, -0.2) is 14.3 Å². The Bertz CT molecular complexity index is 1750. The summed E-state index contributed by atoms with van der Waals surface area (Å²) in [6.07, 6.45) is 3.57. The fourth-order valence-electron chi connectivity index (χ4n) is 4.61. The molecule has 0 atom stereocenters. The van der Waals surface area contributed by atoms with Crippen LogP contribution in [-0.4, -0.2) is 35.7 Å². The van der Waals surface area contributed by atoms with E-state index in [4.69, 9.17) is 4.98 Å². The molecule has 8 nitrogen and oxygen atoms in total. The van der Waals surface area contributed by atoms with Crippen LogP contribution < -0.4 is 5.32 Å². The van der Waals surface area contributed by atoms with Crippen LogP contribution in [0.15, 0.2) is 91.3 Å². The Morgan fingerprint density at radius 2 is 1.74 bits per heavy atom. The first-order valence-electron chi connectivity index (χ1n) is 12.6. The zero-order valence-corrected chi connectivity index (χ0v) is 21.2. The Labute approximate surface area is 219 Å². The molecule has 3 heterocycles. The van der Waals surface area contributed by atoms with Crippen LogP contribution in [0.25, 0.3) is 33.1 Å². The number of carbonyl (C=O) groups excluding carboxylic acids is 1. The van der Waals surface area contributed by atoms with Gasteiger partial charge in [0.1, 0.15) is 5.69 Å². The maximum atomic E-state index is 13.5. The van der Waals surface area contributed by atoms with Gasteiger partial charge in [-0.2, -0.15) is 5.10 Å². The van der Waals surface area contributed by atoms with Gasteiger partial charge in [-0.3, -0.25) is 4.79 Å². The lowest BCUT2D eigenvalue weighted by Crippen LogP contribution is -2.23. The Hall–Kier alpha value is -4.85. The Balaban J connectivity index is 1.30. The largest absolute Gasteiger partial charge is 0.346 e. The summed E-state index contributed by atoms with van der Waals surface area (Å²) in [5.41, 5.74) is 4.71. The van der Waals surface area contributed by atoms with Crippen LogP contribution in [-0.2, 0) is 13.1 Å². The molecule has 0 radical (unpaired) electrons. The minimum atomic E-state index is -0.208. The number of amides is 1. The van der Waals surface area contributed by atoms with Crippen molar-refractivity contribution in [2.45, 2.75) is 33.0 Å². The van der Waals surface area contributed by atoms with Crippen LogP contribution in [0.1, 0.15) is 41.5 Å². The highest BCUT2D eigenvalue weighted by Gasteiger charge is 2.19. The smallest absolute Gasteiger partial charge is 0.252 e. The van der Waals surface area contributed by atoms with Crippen molar-refractivity contribution in [1.29, 1.82) is 0 Å². The fourth-order valence-corrected chi connectivity index (χ4v) is 4.61. The lowest BCUT2D eigenvalue weighted by atomic mass is 10.0. The highest BCUT2D eigenvalue weighted by molar-refractivity contribution is 6.06. The molecule has 8 heteroatoms. The third kappa shape index (κ3) is 4.64. The van der Waals surface area contributed by atoms with E-state index >= 15 is 0 Å². The van der Waals surface area contributed by atoms with Crippen LogP contribution in [0.5, 0.6) is 0 Å². The van der Waals surface area contributed by atoms with Gasteiger partial charge in [0, 0.05) is 11.6 Å².